The number of ether oxygens (including phenoxy) is 1. The van der Waals surface area contributed by atoms with Crippen LogP contribution >= 0.6 is 11.3 Å². The molecule has 5 rings (SSSR count). The normalized spacial score (nSPS) is 15.7. The molecule has 12 nitrogen and oxygen atoms in total. The first kappa shape index (κ1) is 31.0. The number of nitrogens with one attached hydrogen (secondary N) is 2. The molecule has 0 spiro atoms. The Morgan fingerprint density at radius 3 is 2.51 bits per heavy atom. The monoisotopic (exact) mass is 629 g/mol. The molecule has 0 amide bonds. The van der Waals surface area contributed by atoms with Crippen LogP contribution in [0.25, 0.3) is 0 Å². The lowest BCUT2D eigenvalue weighted by Crippen LogP contribution is -2.38. The van der Waals surface area contributed by atoms with Crippen molar-refractivity contribution in [1.29, 1.82) is 0 Å². The van der Waals surface area contributed by atoms with E-state index < -0.39 is 16.0 Å². The molecule has 0 bridgehead atoms. The average molecular weight is 630 g/mol. The number of anilines is 5. The first-order valence-electron chi connectivity index (χ1n) is 14.8. The van der Waals surface area contributed by atoms with E-state index in [0.717, 1.165) is 42.1 Å². The van der Waals surface area contributed by atoms with Gasteiger partial charge in [-0.3, -0.25) is 10.0 Å². The van der Waals surface area contributed by atoms with Crippen LogP contribution in [0, 0.1) is 6.92 Å². The molecule has 2 aromatic heterocycles. The van der Waals surface area contributed by atoms with Gasteiger partial charge in [0.15, 0.2) is 5.13 Å². The van der Waals surface area contributed by atoms with Crippen LogP contribution in [0.4, 0.5) is 28.4 Å². The van der Waals surface area contributed by atoms with Crippen molar-refractivity contribution in [2.45, 2.75) is 65.5 Å². The van der Waals surface area contributed by atoms with Gasteiger partial charge in [0.05, 0.1) is 24.2 Å². The minimum absolute atomic E-state index is 0.0817. The van der Waals surface area contributed by atoms with Gasteiger partial charge in [0.25, 0.3) is 0 Å². The third-order valence-corrected chi connectivity index (χ3v) is 9.98. The zero-order valence-corrected chi connectivity index (χ0v) is 26.4. The van der Waals surface area contributed by atoms with Gasteiger partial charge in [0.2, 0.25) is 16.0 Å². The molecule has 1 fully saturated rings. The maximum absolute atomic E-state index is 12.4. The Morgan fingerprint density at radius 1 is 1.09 bits per heavy atom. The van der Waals surface area contributed by atoms with Gasteiger partial charge in [-0.1, -0.05) is 30.4 Å². The number of aryl methyl sites for hydroxylation is 1. The Labute approximate surface area is 256 Å². The van der Waals surface area contributed by atoms with Crippen LogP contribution in [-0.4, -0.2) is 72.5 Å². The molecular formula is C29H39N7O5S2. The van der Waals surface area contributed by atoms with E-state index in [2.05, 4.69) is 24.8 Å². The molecule has 0 aliphatic carbocycles. The lowest BCUT2D eigenvalue weighted by atomic mass is 10.0. The molecule has 232 valence electrons. The molecular weight excluding hydrogens is 590 g/mol. The number of aliphatic hydroxyl groups excluding tert-OH is 1. The standard InChI is InChI=1S/C29H39N7O5S2/c1-4-17-43(39,40)34-21-10-8-20(9-11-21)18-36-14-6-7-23-25(35-15-12-22(37)13-16-35)31-28(32-26(23)36)33-29-30-19(3)24(42-29)27(38)41-5-2/h8-11,22,34,37H,4-7,12-18H2,1-3H3,(H,30,31,32,33). The highest BCUT2D eigenvalue weighted by Gasteiger charge is 2.29. The van der Waals surface area contributed by atoms with Gasteiger partial charge in [-0.25, -0.2) is 18.2 Å². The highest BCUT2D eigenvalue weighted by molar-refractivity contribution is 7.92. The number of aromatic nitrogens is 3. The van der Waals surface area contributed by atoms with Gasteiger partial charge >= 0.3 is 5.97 Å². The van der Waals surface area contributed by atoms with Crippen LogP contribution in [0.15, 0.2) is 24.3 Å². The number of carbonyl (C=O) groups is 1. The van der Waals surface area contributed by atoms with Crippen LogP contribution in [0.3, 0.4) is 0 Å². The van der Waals surface area contributed by atoms with Crippen molar-refractivity contribution >= 4 is 55.7 Å². The average Bonchev–Trinajstić information content (AvgIpc) is 3.34. The van der Waals surface area contributed by atoms with Gasteiger partial charge < -0.3 is 19.6 Å². The first-order chi connectivity index (χ1) is 20.7. The maximum atomic E-state index is 12.4. The fraction of sp³-hybridized carbons (Fsp3) is 0.517. The number of nitrogens with zero attached hydrogens (tertiary/aromatic N) is 5. The fourth-order valence-corrected chi connectivity index (χ4v) is 7.37. The van der Waals surface area contributed by atoms with Gasteiger partial charge in [0, 0.05) is 37.4 Å². The number of esters is 1. The summed E-state index contributed by atoms with van der Waals surface area (Å²) in [6.45, 7) is 8.45. The zero-order chi connectivity index (χ0) is 30.6. The number of rotatable bonds is 11. The van der Waals surface area contributed by atoms with Crippen molar-refractivity contribution in [3.05, 3.63) is 46.0 Å². The number of carbonyl (C=O) groups excluding carboxylic acids is 1. The first-order valence-corrected chi connectivity index (χ1v) is 17.2. The van der Waals surface area contributed by atoms with Crippen molar-refractivity contribution in [2.75, 3.05) is 51.8 Å². The number of thiazole rings is 1. The quantitative estimate of drug-likeness (QED) is 0.262. The van der Waals surface area contributed by atoms with E-state index >= 15 is 0 Å². The number of hydrogen-bond donors (Lipinski definition) is 3. The van der Waals surface area contributed by atoms with E-state index in [4.69, 9.17) is 14.7 Å². The predicted octanol–water partition coefficient (Wildman–Crippen LogP) is 4.23. The number of piperidine rings is 1. The number of sulfonamides is 1. The van der Waals surface area contributed by atoms with Crippen molar-refractivity contribution in [3.63, 3.8) is 0 Å². The number of benzene rings is 1. The molecule has 14 heteroatoms. The van der Waals surface area contributed by atoms with Gasteiger partial charge in [0.1, 0.15) is 16.5 Å². The largest absolute Gasteiger partial charge is 0.462 e. The second kappa shape index (κ2) is 13.4. The zero-order valence-electron chi connectivity index (χ0n) is 24.8. The van der Waals surface area contributed by atoms with E-state index in [9.17, 15) is 18.3 Å². The highest BCUT2D eigenvalue weighted by Crippen LogP contribution is 2.36. The van der Waals surface area contributed by atoms with Gasteiger partial charge in [-0.15, -0.1) is 0 Å². The predicted molar refractivity (Wildman–Crippen MR) is 169 cm³/mol. The summed E-state index contributed by atoms with van der Waals surface area (Å²) in [5, 5.41) is 13.9. The van der Waals surface area contributed by atoms with Crippen molar-refractivity contribution in [2.24, 2.45) is 0 Å². The summed E-state index contributed by atoms with van der Waals surface area (Å²) >= 11 is 1.21. The smallest absolute Gasteiger partial charge is 0.350 e. The summed E-state index contributed by atoms with van der Waals surface area (Å²) in [7, 11) is -3.36. The second-order valence-electron chi connectivity index (χ2n) is 10.8. The Hall–Kier alpha value is -3.49. The van der Waals surface area contributed by atoms with Crippen LogP contribution in [-0.2, 0) is 27.7 Å². The Kier molecular flexibility index (Phi) is 9.67. The van der Waals surface area contributed by atoms with E-state index in [1.807, 2.05) is 19.1 Å². The summed E-state index contributed by atoms with van der Waals surface area (Å²) in [6.07, 6.45) is 3.37. The molecule has 0 saturated carbocycles. The molecule has 2 aliphatic heterocycles. The summed E-state index contributed by atoms with van der Waals surface area (Å²) in [5.41, 5.74) is 3.22. The Morgan fingerprint density at radius 2 is 1.81 bits per heavy atom. The number of fused-ring (bicyclic) bond motifs is 1. The van der Waals surface area contributed by atoms with Crippen LogP contribution in [0.2, 0.25) is 0 Å². The molecule has 3 N–H and O–H groups in total. The van der Waals surface area contributed by atoms with Crippen LogP contribution in [0.1, 0.15) is 66.0 Å². The molecule has 3 aromatic rings. The summed E-state index contributed by atoms with van der Waals surface area (Å²) in [4.78, 5) is 31.7. The lowest BCUT2D eigenvalue weighted by molar-refractivity contribution is 0.0531. The topological polar surface area (TPSA) is 150 Å². The van der Waals surface area contributed by atoms with E-state index in [-0.39, 0.29) is 18.5 Å². The third kappa shape index (κ3) is 7.54. The molecule has 0 radical (unpaired) electrons. The summed E-state index contributed by atoms with van der Waals surface area (Å²) in [5.74, 6) is 1.75. The number of hydrogen-bond acceptors (Lipinski definition) is 12. The van der Waals surface area contributed by atoms with E-state index in [1.165, 1.54) is 11.3 Å². The maximum Gasteiger partial charge on any atom is 0.350 e. The Bertz CT molecular complexity index is 1540. The van der Waals surface area contributed by atoms with Crippen molar-refractivity contribution < 1.29 is 23.1 Å². The van der Waals surface area contributed by atoms with Crippen LogP contribution in [0.5, 0.6) is 0 Å². The van der Waals surface area contributed by atoms with Crippen molar-refractivity contribution in [3.8, 4) is 0 Å². The minimum atomic E-state index is -3.36. The summed E-state index contributed by atoms with van der Waals surface area (Å²) in [6, 6.07) is 7.44. The number of aliphatic hydroxyl groups is 1. The van der Waals surface area contributed by atoms with Gasteiger partial charge in [-0.2, -0.15) is 9.97 Å². The summed E-state index contributed by atoms with van der Waals surface area (Å²) < 4.78 is 32.2. The molecule has 43 heavy (non-hydrogen) atoms. The molecule has 4 heterocycles. The lowest BCUT2D eigenvalue weighted by Gasteiger charge is -2.36. The second-order valence-corrected chi connectivity index (χ2v) is 13.7. The fourth-order valence-electron chi connectivity index (χ4n) is 5.38. The highest BCUT2D eigenvalue weighted by atomic mass is 32.2. The van der Waals surface area contributed by atoms with Crippen LogP contribution < -0.4 is 19.8 Å². The molecule has 0 unspecified atom stereocenters. The Balaban J connectivity index is 1.43. The minimum Gasteiger partial charge on any atom is -0.462 e. The SMILES string of the molecule is CCCS(=O)(=O)Nc1ccc(CN2CCCc3c(N4CCC(O)CC4)nc(Nc4nc(C)c(C(=O)OCC)s4)nc32)cc1. The van der Waals surface area contributed by atoms with E-state index in [0.29, 0.717) is 66.2 Å². The molecule has 0 atom stereocenters. The molecule has 1 saturated heterocycles. The molecule has 1 aromatic carbocycles. The van der Waals surface area contributed by atoms with Gasteiger partial charge in [-0.05, 0) is 63.6 Å². The molecule has 2 aliphatic rings. The van der Waals surface area contributed by atoms with Crippen molar-refractivity contribution in [1.82, 2.24) is 15.0 Å². The third-order valence-electron chi connectivity index (χ3n) is 7.43. The van der Waals surface area contributed by atoms with E-state index in [1.54, 1.807) is 26.0 Å².